The van der Waals surface area contributed by atoms with Crippen molar-refractivity contribution in [2.75, 3.05) is 45.8 Å². The number of nitrogens with one attached hydrogen (secondary N) is 1. The van der Waals surface area contributed by atoms with E-state index in [1.807, 2.05) is 18.7 Å². The molecular weight excluding hydrogens is 564 g/mol. The standard InChI is InChI=1S/C26H40N10O5S/c1-14(7-17(37)12-35-13-30-31-32-35)20-21-15(2)23(22(26(40)41)36(21)25(20)39)42-18-8-19(29-10-18)24(38)34-5-3-33(4-6-34)11-16(28)9-27/h13-16,18-21,29H,3-12,27-28H2,1-2H3,(H,40,41)/t14-,15+,16+,18-,19-,20+,21+/m0/s1. The van der Waals surface area contributed by atoms with Crippen LogP contribution in [0.25, 0.3) is 0 Å². The average molecular weight is 605 g/mol. The molecular formula is C26H40N10O5S. The van der Waals surface area contributed by atoms with Crippen LogP contribution in [0.3, 0.4) is 0 Å². The van der Waals surface area contributed by atoms with Gasteiger partial charge in [-0.05, 0) is 22.8 Å². The minimum Gasteiger partial charge on any atom is -0.477 e. The normalized spacial score (nSPS) is 29.4. The van der Waals surface area contributed by atoms with Crippen LogP contribution >= 0.6 is 11.8 Å². The van der Waals surface area contributed by atoms with Crippen LogP contribution in [-0.2, 0) is 25.7 Å². The van der Waals surface area contributed by atoms with E-state index in [2.05, 4.69) is 25.7 Å². The fourth-order valence-electron chi connectivity index (χ4n) is 6.69. The lowest BCUT2D eigenvalue weighted by molar-refractivity contribution is -0.160. The Balaban J connectivity index is 1.17. The first-order chi connectivity index (χ1) is 20.1. The first-order valence-electron chi connectivity index (χ1n) is 14.5. The summed E-state index contributed by atoms with van der Waals surface area (Å²) < 4.78 is 1.34. The van der Waals surface area contributed by atoms with Crippen LogP contribution in [0, 0.1) is 17.8 Å². The van der Waals surface area contributed by atoms with Crippen molar-refractivity contribution < 1.29 is 24.3 Å². The Labute approximate surface area is 248 Å². The summed E-state index contributed by atoms with van der Waals surface area (Å²) in [5.41, 5.74) is 11.6. The zero-order chi connectivity index (χ0) is 30.1. The molecule has 0 radical (unpaired) electrons. The number of Topliss-reactive ketones (excluding diaryl/α,β-unsaturated/α-hetero) is 1. The number of β-lactam (4-membered cyclic amide) rings is 1. The van der Waals surface area contributed by atoms with E-state index in [0.29, 0.717) is 37.5 Å². The van der Waals surface area contributed by atoms with Crippen molar-refractivity contribution in [3.05, 3.63) is 16.9 Å². The minimum atomic E-state index is -1.13. The first kappa shape index (κ1) is 30.5. The van der Waals surface area contributed by atoms with Gasteiger partial charge in [-0.15, -0.1) is 16.9 Å². The number of carboxylic acids is 1. The number of fused-ring (bicyclic) bond motifs is 1. The Morgan fingerprint density at radius 3 is 2.62 bits per heavy atom. The molecule has 4 aliphatic rings. The number of piperazine rings is 1. The molecule has 2 amide bonds. The molecule has 5 heterocycles. The number of aliphatic carboxylic acids is 1. The number of nitrogens with zero attached hydrogens (tertiary/aromatic N) is 7. The Morgan fingerprint density at radius 2 is 1.98 bits per heavy atom. The molecule has 0 unspecified atom stereocenters. The number of carbonyl (C=O) groups is 4. The SMILES string of the molecule is C[C@@H](CC(=O)Cn1cnnn1)[C@H]1C(=O)N2C(C(=O)O)=C(S[C@@H]3CN[C@H](C(=O)N4CCN(C[C@H](N)CN)CC4)C3)[C@H](C)[C@H]12. The molecule has 42 heavy (non-hydrogen) atoms. The number of ketones is 1. The number of aromatic nitrogens is 4. The van der Waals surface area contributed by atoms with Crippen molar-refractivity contribution in [1.82, 2.24) is 40.2 Å². The van der Waals surface area contributed by atoms with Crippen LogP contribution in [0.15, 0.2) is 16.9 Å². The smallest absolute Gasteiger partial charge is 0.353 e. The summed E-state index contributed by atoms with van der Waals surface area (Å²) in [7, 11) is 0. The second kappa shape index (κ2) is 12.8. The van der Waals surface area contributed by atoms with Crippen molar-refractivity contribution in [2.24, 2.45) is 29.2 Å². The van der Waals surface area contributed by atoms with E-state index >= 15 is 0 Å². The lowest BCUT2D eigenvalue weighted by atomic mass is 9.73. The summed E-state index contributed by atoms with van der Waals surface area (Å²) >= 11 is 1.46. The molecule has 3 fully saturated rings. The molecule has 16 heteroatoms. The fourth-order valence-corrected chi connectivity index (χ4v) is 8.17. The zero-order valence-electron chi connectivity index (χ0n) is 24.0. The topological polar surface area (TPSA) is 206 Å². The van der Waals surface area contributed by atoms with Crippen molar-refractivity contribution >= 4 is 35.3 Å². The number of amides is 2. The van der Waals surface area contributed by atoms with E-state index in [1.54, 1.807) is 0 Å². The second-order valence-corrected chi connectivity index (χ2v) is 13.2. The van der Waals surface area contributed by atoms with Gasteiger partial charge in [0.2, 0.25) is 11.8 Å². The van der Waals surface area contributed by atoms with Gasteiger partial charge < -0.3 is 31.7 Å². The van der Waals surface area contributed by atoms with E-state index < -0.39 is 11.9 Å². The molecule has 230 valence electrons. The van der Waals surface area contributed by atoms with Crippen LogP contribution in [-0.4, -0.2) is 133 Å². The van der Waals surface area contributed by atoms with Crippen LogP contribution in [0.5, 0.6) is 0 Å². The van der Waals surface area contributed by atoms with Gasteiger partial charge in [0, 0.05) is 74.3 Å². The second-order valence-electron chi connectivity index (χ2n) is 11.8. The minimum absolute atomic E-state index is 0.00265. The largest absolute Gasteiger partial charge is 0.477 e. The van der Waals surface area contributed by atoms with Gasteiger partial charge in [0.1, 0.15) is 18.6 Å². The maximum atomic E-state index is 13.3. The Kier molecular flexibility index (Phi) is 9.27. The number of nitrogens with two attached hydrogens (primary N) is 2. The Morgan fingerprint density at radius 1 is 1.24 bits per heavy atom. The zero-order valence-corrected chi connectivity index (χ0v) is 24.8. The fraction of sp³-hybridized carbons (Fsp3) is 0.731. The highest BCUT2D eigenvalue weighted by Gasteiger charge is 2.60. The Bertz CT molecular complexity index is 1220. The molecule has 4 aliphatic heterocycles. The number of thioether (sulfide) groups is 1. The number of carbonyl (C=O) groups excluding carboxylic acids is 3. The molecule has 3 saturated heterocycles. The number of rotatable bonds is 12. The van der Waals surface area contributed by atoms with Gasteiger partial charge in [-0.2, -0.15) is 0 Å². The van der Waals surface area contributed by atoms with Crippen molar-refractivity contribution in [1.29, 1.82) is 0 Å². The Hall–Kier alpha value is -2.92. The molecule has 0 aliphatic carbocycles. The van der Waals surface area contributed by atoms with Crippen molar-refractivity contribution in [3.63, 3.8) is 0 Å². The molecule has 6 N–H and O–H groups in total. The molecule has 1 aromatic heterocycles. The lowest BCUT2D eigenvalue weighted by Crippen LogP contribution is -2.62. The maximum absolute atomic E-state index is 13.3. The molecule has 15 nitrogen and oxygen atoms in total. The number of hydrogen-bond acceptors (Lipinski definition) is 12. The van der Waals surface area contributed by atoms with E-state index in [1.165, 1.54) is 27.7 Å². The highest BCUT2D eigenvalue weighted by Crippen LogP contribution is 2.53. The lowest BCUT2D eigenvalue weighted by Gasteiger charge is -2.47. The summed E-state index contributed by atoms with van der Waals surface area (Å²) in [6.07, 6.45) is 2.11. The van der Waals surface area contributed by atoms with E-state index in [-0.39, 0.29) is 71.5 Å². The highest BCUT2D eigenvalue weighted by molar-refractivity contribution is 8.03. The van der Waals surface area contributed by atoms with Crippen LogP contribution in [0.4, 0.5) is 0 Å². The van der Waals surface area contributed by atoms with Gasteiger partial charge in [0.05, 0.1) is 18.0 Å². The maximum Gasteiger partial charge on any atom is 0.353 e. The summed E-state index contributed by atoms with van der Waals surface area (Å²) in [4.78, 5) is 57.6. The van der Waals surface area contributed by atoms with Crippen molar-refractivity contribution in [2.45, 2.75) is 56.6 Å². The number of carboxylic acid groups (broad SMARTS) is 1. The average Bonchev–Trinajstić information content (AvgIpc) is 3.69. The molecule has 0 aromatic carbocycles. The number of tetrazole rings is 1. The van der Waals surface area contributed by atoms with Gasteiger partial charge in [-0.3, -0.25) is 19.3 Å². The molecule has 5 rings (SSSR count). The van der Waals surface area contributed by atoms with Crippen molar-refractivity contribution in [3.8, 4) is 0 Å². The third kappa shape index (κ3) is 6.08. The van der Waals surface area contributed by atoms with E-state index in [4.69, 9.17) is 11.5 Å². The molecule has 0 spiro atoms. The predicted molar refractivity (Wildman–Crippen MR) is 152 cm³/mol. The highest BCUT2D eigenvalue weighted by atomic mass is 32.2. The van der Waals surface area contributed by atoms with Gasteiger partial charge in [0.25, 0.3) is 0 Å². The summed E-state index contributed by atoms with van der Waals surface area (Å²) in [5, 5.41) is 24.2. The monoisotopic (exact) mass is 604 g/mol. The first-order valence-corrected chi connectivity index (χ1v) is 15.4. The molecule has 7 atom stereocenters. The van der Waals surface area contributed by atoms with E-state index in [9.17, 15) is 24.3 Å². The third-order valence-corrected chi connectivity index (χ3v) is 10.4. The number of hydrogen-bond donors (Lipinski definition) is 4. The summed E-state index contributed by atoms with van der Waals surface area (Å²) in [6.45, 7) is 8.32. The summed E-state index contributed by atoms with van der Waals surface area (Å²) in [6, 6.07) is -0.712. The molecule has 1 aromatic rings. The third-order valence-electron chi connectivity index (χ3n) is 8.85. The van der Waals surface area contributed by atoms with Gasteiger partial charge in [0.15, 0.2) is 5.78 Å². The summed E-state index contributed by atoms with van der Waals surface area (Å²) in [5.74, 6) is -2.32. The van der Waals surface area contributed by atoms with E-state index in [0.717, 1.165) is 19.6 Å². The van der Waals surface area contributed by atoms with Crippen LogP contribution in [0.1, 0.15) is 26.7 Å². The molecule has 0 saturated carbocycles. The predicted octanol–water partition coefficient (Wildman–Crippen LogP) is -2.06. The van der Waals surface area contributed by atoms with Crippen LogP contribution < -0.4 is 16.8 Å². The van der Waals surface area contributed by atoms with Gasteiger partial charge >= 0.3 is 5.97 Å². The van der Waals surface area contributed by atoms with Gasteiger partial charge in [-0.25, -0.2) is 9.48 Å². The quantitative estimate of drug-likeness (QED) is 0.190. The van der Waals surface area contributed by atoms with Crippen LogP contribution in [0.2, 0.25) is 0 Å². The van der Waals surface area contributed by atoms with Gasteiger partial charge in [-0.1, -0.05) is 13.8 Å². The molecule has 0 bridgehead atoms.